The summed E-state index contributed by atoms with van der Waals surface area (Å²) < 4.78 is 4.67. The van der Waals surface area contributed by atoms with Crippen LogP contribution in [0, 0.1) is 0 Å². The zero-order valence-electron chi connectivity index (χ0n) is 9.10. The SMILES string of the molecule is COC(=O)c1cc2ccc3nccnc3c2[nH]1. The monoisotopic (exact) mass is 227 g/mol. The number of carbonyl (C=O) groups excluding carboxylic acids is 1. The number of ether oxygens (including phenoxy) is 1. The second kappa shape index (κ2) is 3.55. The fourth-order valence-corrected chi connectivity index (χ4v) is 1.85. The van der Waals surface area contributed by atoms with Crippen molar-refractivity contribution in [3.8, 4) is 0 Å². The number of aromatic amines is 1. The van der Waals surface area contributed by atoms with Crippen molar-refractivity contribution in [2.75, 3.05) is 7.11 Å². The van der Waals surface area contributed by atoms with Crippen LogP contribution in [-0.4, -0.2) is 28.0 Å². The molecule has 0 bridgehead atoms. The Morgan fingerprint density at radius 1 is 1.29 bits per heavy atom. The molecule has 0 aliphatic rings. The maximum atomic E-state index is 11.4. The molecule has 0 aliphatic heterocycles. The highest BCUT2D eigenvalue weighted by Gasteiger charge is 2.11. The largest absolute Gasteiger partial charge is 0.464 e. The Bertz CT molecular complexity index is 718. The lowest BCUT2D eigenvalue weighted by Gasteiger charge is -1.96. The van der Waals surface area contributed by atoms with Gasteiger partial charge in [-0.1, -0.05) is 6.07 Å². The molecule has 2 heterocycles. The molecule has 0 saturated carbocycles. The third kappa shape index (κ3) is 1.44. The fraction of sp³-hybridized carbons (Fsp3) is 0.0833. The van der Waals surface area contributed by atoms with Crippen molar-refractivity contribution in [3.05, 3.63) is 36.3 Å². The lowest BCUT2D eigenvalue weighted by Crippen LogP contribution is -2.00. The highest BCUT2D eigenvalue weighted by molar-refractivity contribution is 6.05. The summed E-state index contributed by atoms with van der Waals surface area (Å²) in [6.45, 7) is 0. The van der Waals surface area contributed by atoms with E-state index in [1.807, 2.05) is 12.1 Å². The number of benzene rings is 1. The van der Waals surface area contributed by atoms with Gasteiger partial charge in [-0.05, 0) is 12.1 Å². The molecule has 0 saturated heterocycles. The smallest absolute Gasteiger partial charge is 0.354 e. The summed E-state index contributed by atoms with van der Waals surface area (Å²) in [6.07, 6.45) is 3.26. The van der Waals surface area contributed by atoms with E-state index in [2.05, 4.69) is 19.7 Å². The van der Waals surface area contributed by atoms with E-state index in [1.165, 1.54) is 7.11 Å². The quantitative estimate of drug-likeness (QED) is 0.644. The van der Waals surface area contributed by atoms with Gasteiger partial charge >= 0.3 is 5.97 Å². The second-order valence-corrected chi connectivity index (χ2v) is 3.63. The van der Waals surface area contributed by atoms with Gasteiger partial charge in [-0.15, -0.1) is 0 Å². The molecule has 3 aromatic rings. The number of nitrogens with one attached hydrogen (secondary N) is 1. The Labute approximate surface area is 96.4 Å². The van der Waals surface area contributed by atoms with Crippen LogP contribution < -0.4 is 0 Å². The Balaban J connectivity index is 2.35. The lowest BCUT2D eigenvalue weighted by molar-refractivity contribution is 0.0595. The van der Waals surface area contributed by atoms with Crippen LogP contribution in [0.2, 0.25) is 0 Å². The summed E-state index contributed by atoms with van der Waals surface area (Å²) in [5, 5.41) is 0.915. The molecule has 0 spiro atoms. The summed E-state index contributed by atoms with van der Waals surface area (Å²) in [6, 6.07) is 5.52. The first-order chi connectivity index (χ1) is 8.29. The summed E-state index contributed by atoms with van der Waals surface area (Å²) in [4.78, 5) is 22.9. The molecular formula is C12H9N3O2. The molecule has 0 atom stereocenters. The molecule has 1 N–H and O–H groups in total. The number of hydrogen-bond donors (Lipinski definition) is 1. The van der Waals surface area contributed by atoms with Gasteiger partial charge < -0.3 is 9.72 Å². The first kappa shape index (κ1) is 9.77. The zero-order chi connectivity index (χ0) is 11.8. The van der Waals surface area contributed by atoms with Crippen LogP contribution in [0.5, 0.6) is 0 Å². The lowest BCUT2D eigenvalue weighted by atomic mass is 10.2. The van der Waals surface area contributed by atoms with Crippen LogP contribution in [0.4, 0.5) is 0 Å². The maximum absolute atomic E-state index is 11.4. The fourth-order valence-electron chi connectivity index (χ4n) is 1.85. The van der Waals surface area contributed by atoms with Gasteiger partial charge in [0.05, 0.1) is 18.1 Å². The number of carbonyl (C=O) groups is 1. The first-order valence-electron chi connectivity index (χ1n) is 5.10. The molecule has 5 nitrogen and oxygen atoms in total. The van der Waals surface area contributed by atoms with E-state index >= 15 is 0 Å². The highest BCUT2D eigenvalue weighted by atomic mass is 16.5. The predicted molar refractivity (Wildman–Crippen MR) is 62.7 cm³/mol. The molecule has 1 aromatic carbocycles. The zero-order valence-corrected chi connectivity index (χ0v) is 9.10. The first-order valence-corrected chi connectivity index (χ1v) is 5.10. The van der Waals surface area contributed by atoms with Gasteiger partial charge in [-0.2, -0.15) is 0 Å². The average molecular weight is 227 g/mol. The number of rotatable bonds is 1. The molecule has 3 rings (SSSR count). The second-order valence-electron chi connectivity index (χ2n) is 3.63. The van der Waals surface area contributed by atoms with Crippen molar-refractivity contribution < 1.29 is 9.53 Å². The van der Waals surface area contributed by atoms with Crippen molar-refractivity contribution in [1.29, 1.82) is 0 Å². The number of hydrogen-bond acceptors (Lipinski definition) is 4. The van der Waals surface area contributed by atoms with Crippen LogP contribution in [0.25, 0.3) is 21.9 Å². The van der Waals surface area contributed by atoms with E-state index in [9.17, 15) is 4.79 Å². The highest BCUT2D eigenvalue weighted by Crippen LogP contribution is 2.22. The van der Waals surface area contributed by atoms with Gasteiger partial charge in [0.2, 0.25) is 0 Å². The summed E-state index contributed by atoms with van der Waals surface area (Å²) >= 11 is 0. The summed E-state index contributed by atoms with van der Waals surface area (Å²) in [5.74, 6) is -0.391. The maximum Gasteiger partial charge on any atom is 0.354 e. The molecule has 17 heavy (non-hydrogen) atoms. The van der Waals surface area contributed by atoms with Crippen molar-refractivity contribution >= 4 is 27.9 Å². The van der Waals surface area contributed by atoms with E-state index in [4.69, 9.17) is 0 Å². The van der Waals surface area contributed by atoms with Crippen LogP contribution in [-0.2, 0) is 4.74 Å². The van der Waals surface area contributed by atoms with E-state index < -0.39 is 5.97 Å². The normalized spacial score (nSPS) is 10.9. The number of methoxy groups -OCH3 is 1. The predicted octanol–water partition coefficient (Wildman–Crippen LogP) is 1.90. The van der Waals surface area contributed by atoms with Crippen LogP contribution in [0.1, 0.15) is 10.5 Å². The molecule has 0 fully saturated rings. The molecule has 0 aliphatic carbocycles. The van der Waals surface area contributed by atoms with Crippen LogP contribution in [0.15, 0.2) is 30.6 Å². The van der Waals surface area contributed by atoms with E-state index in [0.29, 0.717) is 5.69 Å². The van der Waals surface area contributed by atoms with Crippen molar-refractivity contribution in [2.24, 2.45) is 0 Å². The molecule has 0 amide bonds. The van der Waals surface area contributed by atoms with Crippen molar-refractivity contribution in [3.63, 3.8) is 0 Å². The van der Waals surface area contributed by atoms with E-state index in [0.717, 1.165) is 21.9 Å². The minimum Gasteiger partial charge on any atom is -0.464 e. The van der Waals surface area contributed by atoms with Gasteiger partial charge in [-0.25, -0.2) is 4.79 Å². The summed E-state index contributed by atoms with van der Waals surface area (Å²) in [7, 11) is 1.35. The topological polar surface area (TPSA) is 67.9 Å². The van der Waals surface area contributed by atoms with Gasteiger partial charge in [0.1, 0.15) is 11.2 Å². The number of aromatic nitrogens is 3. The van der Waals surface area contributed by atoms with E-state index in [-0.39, 0.29) is 0 Å². The Morgan fingerprint density at radius 2 is 2.12 bits per heavy atom. The molecule has 0 unspecified atom stereocenters. The molecule has 2 aromatic heterocycles. The van der Waals surface area contributed by atoms with Gasteiger partial charge in [0.25, 0.3) is 0 Å². The Kier molecular flexibility index (Phi) is 2.04. The summed E-state index contributed by atoms with van der Waals surface area (Å²) in [5.41, 5.74) is 2.76. The third-order valence-electron chi connectivity index (χ3n) is 2.64. The van der Waals surface area contributed by atoms with E-state index in [1.54, 1.807) is 18.5 Å². The number of H-pyrrole nitrogens is 1. The van der Waals surface area contributed by atoms with Gasteiger partial charge in [0.15, 0.2) is 0 Å². The standard InChI is InChI=1S/C12H9N3O2/c1-17-12(16)9-6-7-2-3-8-11(10(7)15-9)14-5-4-13-8/h2-6,15H,1H3. The third-order valence-corrected chi connectivity index (χ3v) is 2.64. The average Bonchev–Trinajstić information content (AvgIpc) is 2.82. The minimum atomic E-state index is -0.391. The minimum absolute atomic E-state index is 0.391. The number of fused-ring (bicyclic) bond motifs is 3. The Hall–Kier alpha value is -2.43. The number of nitrogens with zero attached hydrogens (tertiary/aromatic N) is 2. The molecule has 84 valence electrons. The Morgan fingerprint density at radius 3 is 2.94 bits per heavy atom. The van der Waals surface area contributed by atoms with Crippen LogP contribution in [0.3, 0.4) is 0 Å². The van der Waals surface area contributed by atoms with Gasteiger partial charge in [0, 0.05) is 17.8 Å². The number of esters is 1. The van der Waals surface area contributed by atoms with Crippen molar-refractivity contribution in [2.45, 2.75) is 0 Å². The van der Waals surface area contributed by atoms with Crippen molar-refractivity contribution in [1.82, 2.24) is 15.0 Å². The van der Waals surface area contributed by atoms with Crippen LogP contribution >= 0.6 is 0 Å². The van der Waals surface area contributed by atoms with Gasteiger partial charge in [-0.3, -0.25) is 9.97 Å². The molecular weight excluding hydrogens is 218 g/mol. The molecule has 0 radical (unpaired) electrons. The molecule has 5 heteroatoms.